The highest BCUT2D eigenvalue weighted by Crippen LogP contribution is 2.36. The number of amides is 1. The average Bonchev–Trinajstić information content (AvgIpc) is 3.32. The number of thiophene rings is 1. The SMILES string of the molecule is CN(C(=O)c1csc(-c2cccs2)n1)C1CCc2ccccc21. The summed E-state index contributed by atoms with van der Waals surface area (Å²) >= 11 is 3.18. The van der Waals surface area contributed by atoms with E-state index >= 15 is 0 Å². The minimum atomic E-state index is 0.00533. The Labute approximate surface area is 143 Å². The fourth-order valence-electron chi connectivity index (χ4n) is 3.14. The third kappa shape index (κ3) is 2.60. The molecule has 1 aliphatic rings. The predicted octanol–water partition coefficient (Wildman–Crippen LogP) is 4.63. The first kappa shape index (κ1) is 14.6. The number of thiazole rings is 1. The molecular formula is C18H16N2OS2. The van der Waals surface area contributed by atoms with Crippen molar-refractivity contribution >= 4 is 28.6 Å². The second-order valence-electron chi connectivity index (χ2n) is 5.68. The van der Waals surface area contributed by atoms with Crippen LogP contribution in [0.15, 0.2) is 47.2 Å². The maximum absolute atomic E-state index is 12.8. The molecule has 0 N–H and O–H groups in total. The fraction of sp³-hybridized carbons (Fsp3) is 0.222. The van der Waals surface area contributed by atoms with Gasteiger partial charge in [0.15, 0.2) is 0 Å². The Bertz CT molecular complexity index is 838. The van der Waals surface area contributed by atoms with E-state index < -0.39 is 0 Å². The van der Waals surface area contributed by atoms with Crippen molar-refractivity contribution in [1.82, 2.24) is 9.88 Å². The van der Waals surface area contributed by atoms with Gasteiger partial charge in [-0.1, -0.05) is 30.3 Å². The number of fused-ring (bicyclic) bond motifs is 1. The van der Waals surface area contributed by atoms with Crippen LogP contribution in [0.2, 0.25) is 0 Å². The van der Waals surface area contributed by atoms with Gasteiger partial charge < -0.3 is 4.90 Å². The van der Waals surface area contributed by atoms with Gasteiger partial charge in [0.1, 0.15) is 10.7 Å². The van der Waals surface area contributed by atoms with E-state index in [0.29, 0.717) is 5.69 Å². The highest BCUT2D eigenvalue weighted by Gasteiger charge is 2.29. The zero-order valence-electron chi connectivity index (χ0n) is 12.7. The van der Waals surface area contributed by atoms with Crippen molar-refractivity contribution in [2.45, 2.75) is 18.9 Å². The summed E-state index contributed by atoms with van der Waals surface area (Å²) < 4.78 is 0. The maximum Gasteiger partial charge on any atom is 0.273 e. The van der Waals surface area contributed by atoms with E-state index in [1.54, 1.807) is 11.3 Å². The molecule has 2 heterocycles. The van der Waals surface area contributed by atoms with Crippen molar-refractivity contribution in [3.8, 4) is 9.88 Å². The van der Waals surface area contributed by atoms with Gasteiger partial charge in [0.2, 0.25) is 0 Å². The molecule has 0 saturated carbocycles. The van der Waals surface area contributed by atoms with Crippen LogP contribution in [0.4, 0.5) is 0 Å². The first-order valence-electron chi connectivity index (χ1n) is 7.58. The number of hydrogen-bond donors (Lipinski definition) is 0. The normalized spacial score (nSPS) is 16.3. The summed E-state index contributed by atoms with van der Waals surface area (Å²) in [6, 6.07) is 12.6. The molecule has 3 aromatic rings. The zero-order valence-corrected chi connectivity index (χ0v) is 14.4. The molecule has 0 bridgehead atoms. The number of carbonyl (C=O) groups excluding carboxylic acids is 1. The minimum Gasteiger partial charge on any atom is -0.333 e. The van der Waals surface area contributed by atoms with Crippen LogP contribution in [0.5, 0.6) is 0 Å². The van der Waals surface area contributed by atoms with Crippen molar-refractivity contribution in [2.24, 2.45) is 0 Å². The molecule has 4 rings (SSSR count). The summed E-state index contributed by atoms with van der Waals surface area (Å²) in [7, 11) is 1.89. The molecular weight excluding hydrogens is 324 g/mol. The molecule has 23 heavy (non-hydrogen) atoms. The van der Waals surface area contributed by atoms with Crippen LogP contribution < -0.4 is 0 Å². The Morgan fingerprint density at radius 3 is 2.91 bits per heavy atom. The third-order valence-corrected chi connectivity index (χ3v) is 6.23. The van der Waals surface area contributed by atoms with Gasteiger partial charge in [0.25, 0.3) is 5.91 Å². The molecule has 0 fully saturated rings. The lowest BCUT2D eigenvalue weighted by Gasteiger charge is -2.24. The summed E-state index contributed by atoms with van der Waals surface area (Å²) in [5.41, 5.74) is 3.18. The topological polar surface area (TPSA) is 33.2 Å². The Hall–Kier alpha value is -1.98. The molecule has 1 amide bonds. The number of aryl methyl sites for hydroxylation is 1. The maximum atomic E-state index is 12.8. The van der Waals surface area contributed by atoms with Gasteiger partial charge >= 0.3 is 0 Å². The molecule has 0 radical (unpaired) electrons. The molecule has 3 nitrogen and oxygen atoms in total. The Kier molecular flexibility index (Phi) is 3.75. The van der Waals surface area contributed by atoms with Crippen molar-refractivity contribution < 1.29 is 4.79 Å². The monoisotopic (exact) mass is 340 g/mol. The molecule has 1 aliphatic carbocycles. The fourth-order valence-corrected chi connectivity index (χ4v) is 4.75. The molecule has 5 heteroatoms. The van der Waals surface area contributed by atoms with E-state index in [4.69, 9.17) is 0 Å². The lowest BCUT2D eigenvalue weighted by atomic mass is 10.1. The molecule has 116 valence electrons. The lowest BCUT2D eigenvalue weighted by Crippen LogP contribution is -2.30. The molecule has 0 saturated heterocycles. The van der Waals surface area contributed by atoms with Crippen LogP contribution in [0, 0.1) is 0 Å². The standard InChI is InChI=1S/C18H16N2OS2/c1-20(15-9-8-12-5-2-3-6-13(12)15)18(21)14-11-23-17(19-14)16-7-4-10-22-16/h2-7,10-11,15H,8-9H2,1H3. The van der Waals surface area contributed by atoms with E-state index in [0.717, 1.165) is 22.7 Å². The summed E-state index contributed by atoms with van der Waals surface area (Å²) in [5, 5.41) is 4.82. The number of rotatable bonds is 3. The number of carbonyl (C=O) groups is 1. The molecule has 0 aliphatic heterocycles. The zero-order chi connectivity index (χ0) is 15.8. The largest absolute Gasteiger partial charge is 0.333 e. The van der Waals surface area contributed by atoms with Crippen LogP contribution in [0.3, 0.4) is 0 Å². The van der Waals surface area contributed by atoms with Crippen molar-refractivity contribution in [2.75, 3.05) is 7.05 Å². The average molecular weight is 340 g/mol. The predicted molar refractivity (Wildman–Crippen MR) is 95.0 cm³/mol. The number of hydrogen-bond acceptors (Lipinski definition) is 4. The number of nitrogens with zero attached hydrogens (tertiary/aromatic N) is 2. The van der Waals surface area contributed by atoms with Crippen LogP contribution >= 0.6 is 22.7 Å². The molecule has 1 unspecified atom stereocenters. The second kappa shape index (κ2) is 5.91. The van der Waals surface area contributed by atoms with E-state index in [9.17, 15) is 4.79 Å². The van der Waals surface area contributed by atoms with Crippen LogP contribution in [0.25, 0.3) is 9.88 Å². The van der Waals surface area contributed by atoms with Gasteiger partial charge in [-0.2, -0.15) is 0 Å². The van der Waals surface area contributed by atoms with E-state index in [2.05, 4.69) is 23.2 Å². The first-order chi connectivity index (χ1) is 11.2. The first-order valence-corrected chi connectivity index (χ1v) is 9.34. The number of aromatic nitrogens is 1. The van der Waals surface area contributed by atoms with E-state index in [1.807, 2.05) is 40.9 Å². The van der Waals surface area contributed by atoms with Gasteiger partial charge in [-0.25, -0.2) is 4.98 Å². The smallest absolute Gasteiger partial charge is 0.273 e. The van der Waals surface area contributed by atoms with E-state index in [1.165, 1.54) is 22.5 Å². The van der Waals surface area contributed by atoms with Crippen molar-refractivity contribution in [3.05, 3.63) is 64.0 Å². The quantitative estimate of drug-likeness (QED) is 0.696. The number of benzene rings is 1. The van der Waals surface area contributed by atoms with Gasteiger partial charge in [0.05, 0.1) is 10.9 Å². The van der Waals surface area contributed by atoms with E-state index in [-0.39, 0.29) is 11.9 Å². The second-order valence-corrected chi connectivity index (χ2v) is 7.49. The van der Waals surface area contributed by atoms with Crippen LogP contribution in [-0.4, -0.2) is 22.8 Å². The lowest BCUT2D eigenvalue weighted by molar-refractivity contribution is 0.0725. The molecule has 2 aromatic heterocycles. The van der Waals surface area contributed by atoms with Gasteiger partial charge in [0, 0.05) is 12.4 Å². The third-order valence-electron chi connectivity index (χ3n) is 4.34. The summed E-state index contributed by atoms with van der Waals surface area (Å²) in [5.74, 6) is 0.00533. The Morgan fingerprint density at radius 2 is 2.09 bits per heavy atom. The van der Waals surface area contributed by atoms with Gasteiger partial charge in [-0.15, -0.1) is 22.7 Å². The highest BCUT2D eigenvalue weighted by molar-refractivity contribution is 7.20. The van der Waals surface area contributed by atoms with Crippen LogP contribution in [0.1, 0.15) is 34.1 Å². The van der Waals surface area contributed by atoms with Crippen molar-refractivity contribution in [1.29, 1.82) is 0 Å². The van der Waals surface area contributed by atoms with Gasteiger partial charge in [-0.05, 0) is 35.4 Å². The molecule has 0 spiro atoms. The Balaban J connectivity index is 1.58. The molecule has 1 aromatic carbocycles. The van der Waals surface area contributed by atoms with Crippen molar-refractivity contribution in [3.63, 3.8) is 0 Å². The summed E-state index contributed by atoms with van der Waals surface area (Å²) in [4.78, 5) is 20.3. The Morgan fingerprint density at radius 1 is 1.22 bits per heavy atom. The summed E-state index contributed by atoms with van der Waals surface area (Å²) in [6.07, 6.45) is 2.03. The highest BCUT2D eigenvalue weighted by atomic mass is 32.1. The molecule has 1 atom stereocenters. The summed E-state index contributed by atoms with van der Waals surface area (Å²) in [6.45, 7) is 0. The van der Waals surface area contributed by atoms with Crippen LogP contribution in [-0.2, 0) is 6.42 Å². The van der Waals surface area contributed by atoms with Gasteiger partial charge in [-0.3, -0.25) is 4.79 Å². The minimum absolute atomic E-state index is 0.00533.